The van der Waals surface area contributed by atoms with E-state index in [0.29, 0.717) is 17.7 Å². The van der Waals surface area contributed by atoms with Crippen LogP contribution in [-0.2, 0) is 0 Å². The maximum atomic E-state index is 13.0. The smallest absolute Gasteiger partial charge is 0.274 e. The molecule has 1 aromatic heterocycles. The summed E-state index contributed by atoms with van der Waals surface area (Å²) < 4.78 is 1.94. The summed E-state index contributed by atoms with van der Waals surface area (Å²) in [5.74, 6) is 0.297. The molecule has 0 saturated carbocycles. The number of nitrogens with zero attached hydrogens (tertiary/aromatic N) is 3. The van der Waals surface area contributed by atoms with E-state index < -0.39 is 0 Å². The number of nitrogens with one attached hydrogen (secondary N) is 1. The molecule has 5 nitrogen and oxygen atoms in total. The molecule has 2 heterocycles. The van der Waals surface area contributed by atoms with Crippen LogP contribution in [0.25, 0.3) is 0 Å². The van der Waals surface area contributed by atoms with Crippen molar-refractivity contribution in [1.82, 2.24) is 20.0 Å². The van der Waals surface area contributed by atoms with Crippen LogP contribution in [0, 0.1) is 5.92 Å². The van der Waals surface area contributed by atoms with E-state index in [4.69, 9.17) is 0 Å². The van der Waals surface area contributed by atoms with Gasteiger partial charge < -0.3 is 10.2 Å². The van der Waals surface area contributed by atoms with Gasteiger partial charge >= 0.3 is 0 Å². The molecule has 1 aliphatic heterocycles. The van der Waals surface area contributed by atoms with Crippen molar-refractivity contribution < 1.29 is 4.79 Å². The summed E-state index contributed by atoms with van der Waals surface area (Å²) in [6, 6.07) is 12.4. The van der Waals surface area contributed by atoms with Crippen LogP contribution in [0.3, 0.4) is 0 Å². The van der Waals surface area contributed by atoms with E-state index in [1.54, 1.807) is 0 Å². The lowest BCUT2D eigenvalue weighted by molar-refractivity contribution is 0.0679. The van der Waals surface area contributed by atoms with Gasteiger partial charge in [0.15, 0.2) is 0 Å². The Labute approximate surface area is 150 Å². The molecule has 2 atom stereocenters. The molecule has 1 amide bonds. The first-order chi connectivity index (χ1) is 12.1. The van der Waals surface area contributed by atoms with Crippen molar-refractivity contribution in [2.24, 2.45) is 5.92 Å². The normalized spacial score (nSPS) is 19.0. The Bertz CT molecular complexity index is 689. The number of carbonyl (C=O) groups excluding carboxylic acids is 1. The van der Waals surface area contributed by atoms with Gasteiger partial charge in [0, 0.05) is 19.8 Å². The fraction of sp³-hybridized carbons (Fsp3) is 0.500. The van der Waals surface area contributed by atoms with E-state index in [2.05, 4.69) is 36.4 Å². The zero-order valence-electron chi connectivity index (χ0n) is 15.4. The predicted molar refractivity (Wildman–Crippen MR) is 99.5 cm³/mol. The predicted octanol–water partition coefficient (Wildman–Crippen LogP) is 3.28. The summed E-state index contributed by atoms with van der Waals surface area (Å²) in [7, 11) is 1.88. The molecule has 0 spiro atoms. The minimum atomic E-state index is -0.0231. The molecule has 1 N–H and O–H groups in total. The van der Waals surface area contributed by atoms with E-state index in [1.807, 2.05) is 47.1 Å². The lowest BCUT2D eigenvalue weighted by atomic mass is 9.94. The number of hydrogen-bond acceptors (Lipinski definition) is 3. The van der Waals surface area contributed by atoms with Crippen LogP contribution >= 0.6 is 0 Å². The first-order valence-corrected chi connectivity index (χ1v) is 9.16. The minimum Gasteiger partial charge on any atom is -0.333 e. The van der Waals surface area contributed by atoms with Crippen LogP contribution in [0.4, 0.5) is 0 Å². The number of carbonyl (C=O) groups is 1. The Morgan fingerprint density at radius 2 is 2.04 bits per heavy atom. The Morgan fingerprint density at radius 3 is 2.68 bits per heavy atom. The van der Waals surface area contributed by atoms with Gasteiger partial charge in [0.2, 0.25) is 0 Å². The number of amides is 1. The summed E-state index contributed by atoms with van der Waals surface area (Å²) >= 11 is 0. The van der Waals surface area contributed by atoms with Crippen molar-refractivity contribution in [3.63, 3.8) is 0 Å². The Kier molecular flexibility index (Phi) is 5.53. The lowest BCUT2D eigenvalue weighted by Gasteiger charge is -2.31. The maximum absolute atomic E-state index is 13.0. The van der Waals surface area contributed by atoms with Gasteiger partial charge in [0.25, 0.3) is 5.91 Å². The molecular formula is C20H28N4O. The van der Waals surface area contributed by atoms with Gasteiger partial charge in [0.1, 0.15) is 5.69 Å². The average Bonchev–Trinajstić information content (AvgIpc) is 3.12. The molecule has 3 rings (SSSR count). The molecule has 1 fully saturated rings. The van der Waals surface area contributed by atoms with Crippen LogP contribution in [0.15, 0.2) is 42.6 Å². The van der Waals surface area contributed by atoms with E-state index in [0.717, 1.165) is 31.5 Å². The molecule has 25 heavy (non-hydrogen) atoms. The van der Waals surface area contributed by atoms with E-state index in [-0.39, 0.29) is 11.9 Å². The molecule has 5 heteroatoms. The summed E-state index contributed by atoms with van der Waals surface area (Å²) in [6.45, 7) is 6.28. The van der Waals surface area contributed by atoms with Crippen molar-refractivity contribution in [3.05, 3.63) is 53.9 Å². The average molecular weight is 340 g/mol. The molecule has 2 aromatic rings. The molecule has 0 radical (unpaired) electrons. The van der Waals surface area contributed by atoms with E-state index in [9.17, 15) is 4.79 Å². The van der Waals surface area contributed by atoms with Crippen LogP contribution in [0.2, 0.25) is 0 Å². The molecule has 0 aliphatic carbocycles. The summed E-state index contributed by atoms with van der Waals surface area (Å²) in [5.41, 5.74) is 1.68. The van der Waals surface area contributed by atoms with Gasteiger partial charge in [-0.05, 0) is 36.9 Å². The number of rotatable bonds is 5. The second-order valence-corrected chi connectivity index (χ2v) is 7.20. The largest absolute Gasteiger partial charge is 0.333 e. The number of hydrogen-bond donors (Lipinski definition) is 1. The Morgan fingerprint density at radius 1 is 1.28 bits per heavy atom. The third-order valence-electron chi connectivity index (χ3n) is 4.98. The highest BCUT2D eigenvalue weighted by molar-refractivity contribution is 5.92. The highest BCUT2D eigenvalue weighted by Gasteiger charge is 2.27. The standard InChI is InChI=1S/C20H28N4O/c1-15(2)19(16-8-5-4-6-9-16)23(3)20(25)18-11-13-24(22-18)17-10-7-12-21-14-17/h4-6,8-9,11,13,15,17,19,21H,7,10,12,14H2,1-3H3. The minimum absolute atomic E-state index is 0.0231. The Balaban J connectivity index is 1.78. The van der Waals surface area contributed by atoms with Gasteiger partial charge in [-0.1, -0.05) is 44.2 Å². The SMILES string of the molecule is CC(C)C(c1ccccc1)N(C)C(=O)c1ccn(C2CCCNC2)n1. The third kappa shape index (κ3) is 3.93. The number of aromatic nitrogens is 2. The van der Waals surface area contributed by atoms with E-state index >= 15 is 0 Å². The lowest BCUT2D eigenvalue weighted by Crippen LogP contribution is -2.35. The van der Waals surface area contributed by atoms with Crippen LogP contribution in [0.5, 0.6) is 0 Å². The first kappa shape index (κ1) is 17.7. The topological polar surface area (TPSA) is 50.2 Å². The van der Waals surface area contributed by atoms with Gasteiger partial charge in [-0.15, -0.1) is 0 Å². The van der Waals surface area contributed by atoms with E-state index in [1.165, 1.54) is 0 Å². The molecule has 134 valence electrons. The fourth-order valence-electron chi connectivity index (χ4n) is 3.73. The molecule has 1 aliphatic rings. The Hall–Kier alpha value is -2.14. The first-order valence-electron chi connectivity index (χ1n) is 9.16. The number of piperidine rings is 1. The highest BCUT2D eigenvalue weighted by atomic mass is 16.2. The molecule has 1 aromatic carbocycles. The third-order valence-corrected chi connectivity index (χ3v) is 4.98. The second-order valence-electron chi connectivity index (χ2n) is 7.20. The maximum Gasteiger partial charge on any atom is 0.274 e. The van der Waals surface area contributed by atoms with Gasteiger partial charge in [-0.25, -0.2) is 0 Å². The zero-order chi connectivity index (χ0) is 17.8. The van der Waals surface area contributed by atoms with Gasteiger partial charge in [-0.2, -0.15) is 5.10 Å². The van der Waals surface area contributed by atoms with Crippen LogP contribution < -0.4 is 5.32 Å². The van der Waals surface area contributed by atoms with Gasteiger partial charge in [0.05, 0.1) is 12.1 Å². The van der Waals surface area contributed by atoms with Gasteiger partial charge in [-0.3, -0.25) is 9.48 Å². The van der Waals surface area contributed by atoms with Crippen molar-refractivity contribution in [2.45, 2.75) is 38.8 Å². The van der Waals surface area contributed by atoms with Crippen LogP contribution in [-0.4, -0.2) is 40.7 Å². The summed E-state index contributed by atoms with van der Waals surface area (Å²) in [4.78, 5) is 14.8. The molecule has 0 bridgehead atoms. The van der Waals surface area contributed by atoms with Crippen molar-refractivity contribution in [1.29, 1.82) is 0 Å². The zero-order valence-corrected chi connectivity index (χ0v) is 15.4. The van der Waals surface area contributed by atoms with Crippen LogP contribution in [0.1, 0.15) is 54.8 Å². The van der Waals surface area contributed by atoms with Crippen molar-refractivity contribution in [3.8, 4) is 0 Å². The molecular weight excluding hydrogens is 312 g/mol. The highest BCUT2D eigenvalue weighted by Crippen LogP contribution is 2.28. The fourth-order valence-corrected chi connectivity index (χ4v) is 3.73. The number of benzene rings is 1. The van der Waals surface area contributed by atoms with Crippen molar-refractivity contribution in [2.75, 3.05) is 20.1 Å². The molecule has 2 unspecified atom stereocenters. The monoisotopic (exact) mass is 340 g/mol. The quantitative estimate of drug-likeness (QED) is 0.909. The molecule has 1 saturated heterocycles. The summed E-state index contributed by atoms with van der Waals surface area (Å²) in [6.07, 6.45) is 4.19. The van der Waals surface area contributed by atoms with Crippen molar-refractivity contribution >= 4 is 5.91 Å². The summed E-state index contributed by atoms with van der Waals surface area (Å²) in [5, 5.41) is 7.97. The second kappa shape index (κ2) is 7.83.